The molecule has 4 nitrogen and oxygen atoms in total. The van der Waals surface area contributed by atoms with Crippen LogP contribution in [0.4, 0.5) is 0 Å². The molecule has 3 rings (SSSR count). The van der Waals surface area contributed by atoms with Crippen LogP contribution < -0.4 is 5.32 Å². The maximum Gasteiger partial charge on any atom is 0.226 e. The van der Waals surface area contributed by atoms with Crippen LogP contribution in [0.25, 0.3) is 0 Å². The lowest BCUT2D eigenvalue weighted by Gasteiger charge is -2.44. The lowest BCUT2D eigenvalue weighted by Crippen LogP contribution is -2.51. The van der Waals surface area contributed by atoms with E-state index < -0.39 is 0 Å². The van der Waals surface area contributed by atoms with Gasteiger partial charge in [-0.25, -0.2) is 4.98 Å². The number of thiazole rings is 1. The molecule has 2 aliphatic rings. The van der Waals surface area contributed by atoms with E-state index in [-0.39, 0.29) is 5.91 Å². The Labute approximate surface area is 130 Å². The quantitative estimate of drug-likeness (QED) is 0.929. The molecule has 2 aliphatic heterocycles. The summed E-state index contributed by atoms with van der Waals surface area (Å²) in [5.74, 6) is 0.758. The molecule has 21 heavy (non-hydrogen) atoms. The van der Waals surface area contributed by atoms with Crippen molar-refractivity contribution in [3.8, 4) is 0 Å². The molecular formula is C16H25N3OS. The third-order valence-corrected chi connectivity index (χ3v) is 5.62. The summed E-state index contributed by atoms with van der Waals surface area (Å²) in [6.07, 6.45) is 6.97. The van der Waals surface area contributed by atoms with Crippen molar-refractivity contribution in [3.63, 3.8) is 0 Å². The van der Waals surface area contributed by atoms with E-state index in [0.717, 1.165) is 17.2 Å². The number of piperidine rings is 2. The Hall–Kier alpha value is -0.940. The summed E-state index contributed by atoms with van der Waals surface area (Å²) in [6.45, 7) is 5.33. The van der Waals surface area contributed by atoms with Gasteiger partial charge in [-0.05, 0) is 51.6 Å². The summed E-state index contributed by atoms with van der Waals surface area (Å²) in [5, 5.41) is 6.16. The van der Waals surface area contributed by atoms with Gasteiger partial charge in [0.25, 0.3) is 0 Å². The minimum Gasteiger partial charge on any atom is -0.355 e. The van der Waals surface area contributed by atoms with Crippen molar-refractivity contribution in [1.29, 1.82) is 0 Å². The average Bonchev–Trinajstić information content (AvgIpc) is 2.90. The number of aromatic nitrogens is 1. The van der Waals surface area contributed by atoms with Crippen LogP contribution in [0.1, 0.15) is 42.8 Å². The molecular weight excluding hydrogens is 282 g/mol. The van der Waals surface area contributed by atoms with Crippen LogP contribution in [-0.4, -0.2) is 41.5 Å². The molecule has 5 heteroatoms. The third kappa shape index (κ3) is 3.83. The molecule has 0 aliphatic carbocycles. The molecule has 0 spiro atoms. The molecule has 0 saturated carbocycles. The molecule has 2 fully saturated rings. The highest BCUT2D eigenvalue weighted by atomic mass is 32.1. The number of rotatable bonds is 4. The summed E-state index contributed by atoms with van der Waals surface area (Å²) in [6, 6.07) is 0.703. The van der Waals surface area contributed by atoms with Crippen molar-refractivity contribution in [3.05, 3.63) is 16.1 Å². The molecule has 1 amide bonds. The maximum atomic E-state index is 12.1. The minimum absolute atomic E-state index is 0.119. The van der Waals surface area contributed by atoms with Gasteiger partial charge in [0.05, 0.1) is 17.1 Å². The van der Waals surface area contributed by atoms with Gasteiger partial charge in [-0.3, -0.25) is 4.79 Å². The molecule has 2 atom stereocenters. The van der Waals surface area contributed by atoms with Crippen molar-refractivity contribution in [2.45, 2.75) is 51.5 Å². The number of amides is 1. The number of nitrogens with zero attached hydrogens (tertiary/aromatic N) is 2. The highest BCUT2D eigenvalue weighted by Crippen LogP contribution is 2.30. The van der Waals surface area contributed by atoms with Gasteiger partial charge in [-0.1, -0.05) is 6.42 Å². The van der Waals surface area contributed by atoms with Gasteiger partial charge < -0.3 is 10.2 Å². The summed E-state index contributed by atoms with van der Waals surface area (Å²) in [5.41, 5.74) is 0.901. The molecule has 1 N–H and O–H groups in total. The Morgan fingerprint density at radius 3 is 3.05 bits per heavy atom. The first-order valence-electron chi connectivity index (χ1n) is 8.14. The molecule has 0 radical (unpaired) electrons. The van der Waals surface area contributed by atoms with E-state index in [1.165, 1.54) is 45.2 Å². The smallest absolute Gasteiger partial charge is 0.226 e. The van der Waals surface area contributed by atoms with E-state index in [1.807, 2.05) is 12.3 Å². The monoisotopic (exact) mass is 307 g/mol. The van der Waals surface area contributed by atoms with E-state index >= 15 is 0 Å². The van der Waals surface area contributed by atoms with Crippen LogP contribution in [-0.2, 0) is 11.2 Å². The van der Waals surface area contributed by atoms with E-state index in [1.54, 1.807) is 11.3 Å². The summed E-state index contributed by atoms with van der Waals surface area (Å²) in [4.78, 5) is 19.1. The molecule has 1 aromatic rings. The van der Waals surface area contributed by atoms with Gasteiger partial charge >= 0.3 is 0 Å². The molecule has 0 unspecified atom stereocenters. The molecule has 116 valence electrons. The minimum atomic E-state index is 0.119. The van der Waals surface area contributed by atoms with E-state index in [0.29, 0.717) is 18.4 Å². The number of hydrogen-bond donors (Lipinski definition) is 1. The zero-order chi connectivity index (χ0) is 14.7. The highest BCUT2D eigenvalue weighted by Gasteiger charge is 2.32. The van der Waals surface area contributed by atoms with Gasteiger partial charge in [0, 0.05) is 18.0 Å². The Bertz CT molecular complexity index is 486. The first-order valence-corrected chi connectivity index (χ1v) is 9.02. The third-order valence-electron chi connectivity index (χ3n) is 4.80. The summed E-state index contributed by atoms with van der Waals surface area (Å²) < 4.78 is 0. The number of carbonyl (C=O) groups excluding carboxylic acids is 1. The summed E-state index contributed by atoms with van der Waals surface area (Å²) in [7, 11) is 0. The highest BCUT2D eigenvalue weighted by molar-refractivity contribution is 7.09. The lowest BCUT2D eigenvalue weighted by atomic mass is 9.83. The fourth-order valence-corrected chi connectivity index (χ4v) is 4.39. The first kappa shape index (κ1) is 15.0. The first-order chi connectivity index (χ1) is 10.2. The number of carbonyl (C=O) groups is 1. The fourth-order valence-electron chi connectivity index (χ4n) is 3.78. The second-order valence-corrected chi connectivity index (χ2v) is 7.40. The van der Waals surface area contributed by atoms with Crippen LogP contribution >= 0.6 is 11.3 Å². The zero-order valence-electron chi connectivity index (χ0n) is 12.8. The van der Waals surface area contributed by atoms with Gasteiger partial charge in [0.15, 0.2) is 0 Å². The van der Waals surface area contributed by atoms with E-state index in [2.05, 4.69) is 15.2 Å². The topological polar surface area (TPSA) is 45.2 Å². The molecule has 0 bridgehead atoms. The van der Waals surface area contributed by atoms with Crippen molar-refractivity contribution >= 4 is 17.2 Å². The SMILES string of the molecule is Cc1nc(CC(=O)NC[C@@H]2CCCN3CCCC[C@H]23)cs1. The predicted octanol–water partition coefficient (Wildman–Crippen LogP) is 2.37. The van der Waals surface area contributed by atoms with Gasteiger partial charge in [-0.2, -0.15) is 0 Å². The van der Waals surface area contributed by atoms with E-state index in [4.69, 9.17) is 0 Å². The average molecular weight is 307 g/mol. The van der Waals surface area contributed by atoms with Gasteiger partial charge in [-0.15, -0.1) is 11.3 Å². The largest absolute Gasteiger partial charge is 0.355 e. The Balaban J connectivity index is 1.48. The number of hydrogen-bond acceptors (Lipinski definition) is 4. The molecule has 2 saturated heterocycles. The standard InChI is InChI=1S/C16H25N3OS/c1-12-18-14(11-21-12)9-16(20)17-10-13-5-4-8-19-7-3-2-6-15(13)19/h11,13,15H,2-10H2,1H3,(H,17,20)/t13-,15+/m0/s1. The van der Waals surface area contributed by atoms with Crippen LogP contribution in [0.15, 0.2) is 5.38 Å². The van der Waals surface area contributed by atoms with Crippen molar-refractivity contribution in [1.82, 2.24) is 15.2 Å². The Morgan fingerprint density at radius 1 is 1.38 bits per heavy atom. The Kier molecular flexibility index (Phi) is 4.91. The van der Waals surface area contributed by atoms with Crippen molar-refractivity contribution < 1.29 is 4.79 Å². The van der Waals surface area contributed by atoms with Crippen LogP contribution in [0.5, 0.6) is 0 Å². The number of nitrogens with one attached hydrogen (secondary N) is 1. The molecule has 0 aromatic carbocycles. The number of fused-ring (bicyclic) bond motifs is 1. The second-order valence-electron chi connectivity index (χ2n) is 6.34. The van der Waals surface area contributed by atoms with Crippen LogP contribution in [0, 0.1) is 12.8 Å². The van der Waals surface area contributed by atoms with Crippen LogP contribution in [0.2, 0.25) is 0 Å². The van der Waals surface area contributed by atoms with Gasteiger partial charge in [0.1, 0.15) is 0 Å². The zero-order valence-corrected chi connectivity index (χ0v) is 13.6. The second kappa shape index (κ2) is 6.88. The maximum absolute atomic E-state index is 12.1. The van der Waals surface area contributed by atoms with Crippen molar-refractivity contribution in [2.24, 2.45) is 5.92 Å². The van der Waals surface area contributed by atoms with Gasteiger partial charge in [0.2, 0.25) is 5.91 Å². The van der Waals surface area contributed by atoms with E-state index in [9.17, 15) is 4.79 Å². The van der Waals surface area contributed by atoms with Crippen LogP contribution in [0.3, 0.4) is 0 Å². The number of aryl methyl sites for hydroxylation is 1. The normalized spacial score (nSPS) is 26.3. The molecule has 1 aromatic heterocycles. The lowest BCUT2D eigenvalue weighted by molar-refractivity contribution is -0.120. The molecule has 3 heterocycles. The Morgan fingerprint density at radius 2 is 2.24 bits per heavy atom. The predicted molar refractivity (Wildman–Crippen MR) is 85.5 cm³/mol. The fraction of sp³-hybridized carbons (Fsp3) is 0.750. The summed E-state index contributed by atoms with van der Waals surface area (Å²) >= 11 is 1.61. The van der Waals surface area contributed by atoms with Crippen molar-refractivity contribution in [2.75, 3.05) is 19.6 Å².